The average Bonchev–Trinajstić information content (AvgIpc) is 3.05. The summed E-state index contributed by atoms with van der Waals surface area (Å²) >= 11 is 1.37. The van der Waals surface area contributed by atoms with Crippen LogP contribution in [-0.2, 0) is 0 Å². The van der Waals surface area contributed by atoms with E-state index in [1.165, 1.54) is 11.3 Å². The van der Waals surface area contributed by atoms with Gasteiger partial charge >= 0.3 is 6.03 Å². The molecule has 3 N–H and O–H groups in total. The number of amides is 2. The lowest BCUT2D eigenvalue weighted by atomic mass is 10.0. The van der Waals surface area contributed by atoms with E-state index in [0.29, 0.717) is 22.9 Å². The van der Waals surface area contributed by atoms with E-state index in [-0.39, 0.29) is 18.7 Å². The number of pyridine rings is 1. The van der Waals surface area contributed by atoms with Gasteiger partial charge in [0, 0.05) is 18.8 Å². The third-order valence-electron chi connectivity index (χ3n) is 4.51. The van der Waals surface area contributed by atoms with Crippen LogP contribution < -0.4 is 10.6 Å². The number of aromatic nitrogens is 2. The third kappa shape index (κ3) is 2.36. The maximum absolute atomic E-state index is 12.1. The van der Waals surface area contributed by atoms with E-state index in [9.17, 15) is 9.90 Å². The first kappa shape index (κ1) is 13.0. The molecule has 0 aromatic carbocycles. The number of aliphatic hydroxyl groups is 1. The minimum atomic E-state index is -0.219. The molecule has 21 heavy (non-hydrogen) atoms. The van der Waals surface area contributed by atoms with E-state index in [2.05, 4.69) is 20.6 Å². The molecule has 6 nitrogen and oxygen atoms in total. The van der Waals surface area contributed by atoms with Gasteiger partial charge in [-0.15, -0.1) is 0 Å². The summed E-state index contributed by atoms with van der Waals surface area (Å²) in [4.78, 5) is 21.4. The first-order valence-corrected chi connectivity index (χ1v) is 7.96. The molecule has 0 radical (unpaired) electrons. The zero-order chi connectivity index (χ0) is 14.4. The monoisotopic (exact) mass is 304 g/mol. The van der Waals surface area contributed by atoms with Gasteiger partial charge in [-0.25, -0.2) is 14.8 Å². The number of hydrogen-bond acceptors (Lipinski definition) is 5. The Labute approximate surface area is 125 Å². The number of hydrogen-bond donors (Lipinski definition) is 3. The molecule has 110 valence electrons. The Balaban J connectivity index is 1.40. The molecular formula is C14H16N4O2S. The second-order valence-electron chi connectivity index (χ2n) is 5.79. The Morgan fingerprint density at radius 3 is 3.10 bits per heavy atom. The average molecular weight is 304 g/mol. The standard InChI is InChI=1S/C14H16N4O2S/c19-6-7-4-11(9-5-8(7)9)16-13(20)18-14-17-10-2-1-3-15-12(10)21-14/h1-3,7-9,11,19H,4-6H2,(H2,16,17,18,20)/t7-,8-,9-,11-/m0/s1. The van der Waals surface area contributed by atoms with Crippen LogP contribution in [0.4, 0.5) is 9.93 Å². The first-order chi connectivity index (χ1) is 10.2. The second-order valence-corrected chi connectivity index (χ2v) is 6.77. The lowest BCUT2D eigenvalue weighted by Gasteiger charge is -2.16. The van der Waals surface area contributed by atoms with Crippen molar-refractivity contribution in [2.75, 3.05) is 11.9 Å². The number of fused-ring (bicyclic) bond motifs is 2. The lowest BCUT2D eigenvalue weighted by Crippen LogP contribution is -2.38. The van der Waals surface area contributed by atoms with Gasteiger partial charge in [0.15, 0.2) is 5.13 Å². The molecule has 2 aliphatic carbocycles. The molecule has 2 heterocycles. The molecule has 4 rings (SSSR count). The molecule has 2 aromatic rings. The van der Waals surface area contributed by atoms with Gasteiger partial charge in [0.25, 0.3) is 0 Å². The second kappa shape index (κ2) is 4.92. The van der Waals surface area contributed by atoms with Gasteiger partial charge in [-0.1, -0.05) is 11.3 Å². The Bertz CT molecular complexity index is 655. The summed E-state index contributed by atoms with van der Waals surface area (Å²) in [6, 6.07) is 3.66. The number of rotatable bonds is 3. The van der Waals surface area contributed by atoms with Crippen molar-refractivity contribution in [1.29, 1.82) is 0 Å². The SMILES string of the molecule is O=C(Nc1nc2cccnc2s1)N[C@H]1C[C@@H](CO)[C@@H]2C[C@@H]21. The Hall–Kier alpha value is -1.73. The van der Waals surface area contributed by atoms with Crippen LogP contribution in [0, 0.1) is 17.8 Å². The molecule has 0 aliphatic heterocycles. The van der Waals surface area contributed by atoms with E-state index in [1.807, 2.05) is 12.1 Å². The zero-order valence-corrected chi connectivity index (χ0v) is 12.1. The largest absolute Gasteiger partial charge is 0.396 e. The fourth-order valence-corrected chi connectivity index (χ4v) is 4.22. The predicted octanol–water partition coefficient (Wildman–Crippen LogP) is 1.83. The summed E-state index contributed by atoms with van der Waals surface area (Å²) in [5.41, 5.74) is 0.793. The van der Waals surface area contributed by atoms with E-state index >= 15 is 0 Å². The van der Waals surface area contributed by atoms with Crippen LogP contribution in [0.15, 0.2) is 18.3 Å². The molecule has 2 saturated carbocycles. The summed E-state index contributed by atoms with van der Waals surface area (Å²) in [7, 11) is 0. The van der Waals surface area contributed by atoms with Gasteiger partial charge in [-0.3, -0.25) is 5.32 Å². The van der Waals surface area contributed by atoms with Crippen LogP contribution in [0.3, 0.4) is 0 Å². The van der Waals surface area contributed by atoms with Crippen molar-refractivity contribution < 1.29 is 9.90 Å². The molecule has 2 amide bonds. The van der Waals surface area contributed by atoms with Crippen molar-refractivity contribution in [3.63, 3.8) is 0 Å². The highest BCUT2D eigenvalue weighted by Crippen LogP contribution is 2.55. The van der Waals surface area contributed by atoms with Crippen molar-refractivity contribution >= 4 is 32.8 Å². The number of anilines is 1. The fourth-order valence-electron chi connectivity index (χ4n) is 3.42. The number of nitrogens with zero attached hydrogens (tertiary/aromatic N) is 2. The predicted molar refractivity (Wildman–Crippen MR) is 80.1 cm³/mol. The number of aliphatic hydroxyl groups excluding tert-OH is 1. The number of thiazole rings is 1. The molecule has 0 saturated heterocycles. The van der Waals surface area contributed by atoms with E-state index in [4.69, 9.17) is 0 Å². The summed E-state index contributed by atoms with van der Waals surface area (Å²) in [5, 5.41) is 15.6. The van der Waals surface area contributed by atoms with Gasteiger partial charge in [-0.05, 0) is 42.7 Å². The first-order valence-electron chi connectivity index (χ1n) is 7.14. The number of urea groups is 1. The molecule has 2 fully saturated rings. The van der Waals surface area contributed by atoms with Gasteiger partial charge in [-0.2, -0.15) is 0 Å². The van der Waals surface area contributed by atoms with Crippen molar-refractivity contribution in [3.05, 3.63) is 18.3 Å². The number of carbonyl (C=O) groups excluding carboxylic acids is 1. The molecule has 2 aromatic heterocycles. The Morgan fingerprint density at radius 2 is 2.33 bits per heavy atom. The Kier molecular flexibility index (Phi) is 3.04. The van der Waals surface area contributed by atoms with Crippen LogP contribution in [0.2, 0.25) is 0 Å². The fraction of sp³-hybridized carbons (Fsp3) is 0.500. The number of carbonyl (C=O) groups is 1. The normalized spacial score (nSPS) is 30.1. The quantitative estimate of drug-likeness (QED) is 0.807. The van der Waals surface area contributed by atoms with Crippen LogP contribution in [0.5, 0.6) is 0 Å². The molecular weight excluding hydrogens is 288 g/mol. The molecule has 2 aliphatic rings. The lowest BCUT2D eigenvalue weighted by molar-refractivity contribution is 0.209. The summed E-state index contributed by atoms with van der Waals surface area (Å²) in [6.07, 6.45) is 3.72. The minimum absolute atomic E-state index is 0.180. The van der Waals surface area contributed by atoms with Crippen molar-refractivity contribution in [1.82, 2.24) is 15.3 Å². The van der Waals surface area contributed by atoms with E-state index < -0.39 is 0 Å². The molecule has 4 atom stereocenters. The minimum Gasteiger partial charge on any atom is -0.396 e. The van der Waals surface area contributed by atoms with Crippen LogP contribution in [0.1, 0.15) is 12.8 Å². The van der Waals surface area contributed by atoms with Gasteiger partial charge in [0.1, 0.15) is 10.3 Å². The van der Waals surface area contributed by atoms with Crippen LogP contribution in [-0.4, -0.2) is 33.8 Å². The summed E-state index contributed by atoms with van der Waals surface area (Å²) in [5.74, 6) is 1.50. The summed E-state index contributed by atoms with van der Waals surface area (Å²) in [6.45, 7) is 0.227. The third-order valence-corrected chi connectivity index (χ3v) is 5.40. The van der Waals surface area contributed by atoms with Gasteiger partial charge in [0.2, 0.25) is 0 Å². The molecule has 7 heteroatoms. The molecule has 0 spiro atoms. The van der Waals surface area contributed by atoms with Crippen LogP contribution in [0.25, 0.3) is 10.3 Å². The Morgan fingerprint density at radius 1 is 1.43 bits per heavy atom. The van der Waals surface area contributed by atoms with Gasteiger partial charge < -0.3 is 10.4 Å². The van der Waals surface area contributed by atoms with Gasteiger partial charge in [0.05, 0.1) is 0 Å². The van der Waals surface area contributed by atoms with E-state index in [0.717, 1.165) is 23.2 Å². The maximum atomic E-state index is 12.1. The van der Waals surface area contributed by atoms with E-state index in [1.54, 1.807) is 6.20 Å². The highest BCUT2D eigenvalue weighted by Gasteiger charge is 2.54. The highest BCUT2D eigenvalue weighted by molar-refractivity contribution is 7.21. The highest BCUT2D eigenvalue weighted by atomic mass is 32.1. The summed E-state index contributed by atoms with van der Waals surface area (Å²) < 4.78 is 0. The maximum Gasteiger partial charge on any atom is 0.321 e. The zero-order valence-electron chi connectivity index (χ0n) is 11.3. The topological polar surface area (TPSA) is 87.1 Å². The number of nitrogens with one attached hydrogen (secondary N) is 2. The van der Waals surface area contributed by atoms with Crippen molar-refractivity contribution in [3.8, 4) is 0 Å². The smallest absolute Gasteiger partial charge is 0.321 e. The molecule has 0 bridgehead atoms. The molecule has 0 unspecified atom stereocenters. The van der Waals surface area contributed by atoms with Crippen molar-refractivity contribution in [2.45, 2.75) is 18.9 Å². The van der Waals surface area contributed by atoms with Crippen molar-refractivity contribution in [2.24, 2.45) is 17.8 Å². The van der Waals surface area contributed by atoms with Crippen LogP contribution >= 0.6 is 11.3 Å².